The fourth-order valence-corrected chi connectivity index (χ4v) is 0.907. The van der Waals surface area contributed by atoms with Crippen LogP contribution in [0.1, 0.15) is 11.6 Å². The Balaban J connectivity index is 0.00000144. The highest BCUT2D eigenvalue weighted by atomic mass is 35.5. The Kier molecular flexibility index (Phi) is 4.55. The third-order valence-corrected chi connectivity index (χ3v) is 1.68. The molecule has 0 spiro atoms. The lowest BCUT2D eigenvalue weighted by molar-refractivity contribution is 0.402. The van der Waals surface area contributed by atoms with Gasteiger partial charge < -0.3 is 21.7 Å². The Morgan fingerprint density at radius 1 is 1.23 bits per heavy atom. The summed E-state index contributed by atoms with van der Waals surface area (Å²) >= 11 is 0. The van der Waals surface area contributed by atoms with Crippen molar-refractivity contribution in [3.05, 3.63) is 23.8 Å². The van der Waals surface area contributed by atoms with Gasteiger partial charge in [0, 0.05) is 12.6 Å². The minimum absolute atomic E-state index is 0. The van der Waals surface area contributed by atoms with E-state index < -0.39 is 0 Å². The summed E-state index contributed by atoms with van der Waals surface area (Å²) in [4.78, 5) is 0. The first-order valence-corrected chi connectivity index (χ1v) is 3.62. The summed E-state index contributed by atoms with van der Waals surface area (Å²) in [5, 5.41) is 18.1. The molecule has 0 heterocycles. The van der Waals surface area contributed by atoms with Crippen LogP contribution in [-0.4, -0.2) is 16.8 Å². The van der Waals surface area contributed by atoms with E-state index in [4.69, 9.17) is 21.7 Å². The van der Waals surface area contributed by atoms with Crippen molar-refractivity contribution in [2.24, 2.45) is 11.5 Å². The summed E-state index contributed by atoms with van der Waals surface area (Å²) in [5.41, 5.74) is 11.6. The minimum Gasteiger partial charge on any atom is -0.504 e. The lowest BCUT2D eigenvalue weighted by Crippen LogP contribution is -2.20. The average Bonchev–Trinajstić information content (AvgIpc) is 2.08. The number of phenolic OH excluding ortho intramolecular Hbond substituents is 2. The molecule has 1 atom stereocenters. The van der Waals surface area contributed by atoms with Gasteiger partial charge in [0.2, 0.25) is 0 Å². The van der Waals surface area contributed by atoms with Gasteiger partial charge in [0.25, 0.3) is 0 Å². The summed E-state index contributed by atoms with van der Waals surface area (Å²) in [6.45, 7) is 0.310. The van der Waals surface area contributed by atoms with Crippen LogP contribution in [-0.2, 0) is 0 Å². The van der Waals surface area contributed by atoms with Gasteiger partial charge in [-0.1, -0.05) is 6.07 Å². The molecule has 0 unspecified atom stereocenters. The number of phenols is 2. The van der Waals surface area contributed by atoms with Crippen molar-refractivity contribution in [1.82, 2.24) is 0 Å². The summed E-state index contributed by atoms with van der Waals surface area (Å²) in [6, 6.07) is 4.14. The molecule has 1 aromatic rings. The van der Waals surface area contributed by atoms with Crippen molar-refractivity contribution in [3.8, 4) is 11.5 Å². The van der Waals surface area contributed by atoms with Crippen molar-refractivity contribution in [2.45, 2.75) is 6.04 Å². The van der Waals surface area contributed by atoms with E-state index in [-0.39, 0.29) is 29.9 Å². The molecule has 0 fully saturated rings. The molecule has 0 aliphatic rings. The first-order chi connectivity index (χ1) is 5.65. The lowest BCUT2D eigenvalue weighted by atomic mass is 10.1. The maximum absolute atomic E-state index is 9.10. The van der Waals surface area contributed by atoms with Gasteiger partial charge >= 0.3 is 0 Å². The molecule has 1 rings (SSSR count). The quantitative estimate of drug-likeness (QED) is 0.528. The molecule has 4 nitrogen and oxygen atoms in total. The maximum Gasteiger partial charge on any atom is 0.157 e. The monoisotopic (exact) mass is 204 g/mol. The number of halogens is 1. The van der Waals surface area contributed by atoms with Gasteiger partial charge in [-0.2, -0.15) is 0 Å². The number of benzene rings is 1. The van der Waals surface area contributed by atoms with Crippen LogP contribution in [0.5, 0.6) is 11.5 Å². The molecule has 6 N–H and O–H groups in total. The van der Waals surface area contributed by atoms with E-state index in [0.29, 0.717) is 12.1 Å². The predicted octanol–water partition coefficient (Wildman–Crippen LogP) is 0.478. The number of rotatable bonds is 2. The van der Waals surface area contributed by atoms with Gasteiger partial charge in [0.15, 0.2) is 11.5 Å². The van der Waals surface area contributed by atoms with E-state index in [1.54, 1.807) is 6.07 Å². The topological polar surface area (TPSA) is 92.5 Å². The Bertz CT molecular complexity index is 281. The van der Waals surface area contributed by atoms with Gasteiger partial charge in [-0.05, 0) is 17.7 Å². The number of hydrogen-bond donors (Lipinski definition) is 4. The molecule has 0 saturated heterocycles. The second-order valence-corrected chi connectivity index (χ2v) is 2.59. The van der Waals surface area contributed by atoms with Crippen LogP contribution in [0, 0.1) is 0 Å². The molecular formula is C8H13ClN2O2. The van der Waals surface area contributed by atoms with Crippen LogP contribution >= 0.6 is 12.4 Å². The lowest BCUT2D eigenvalue weighted by Gasteiger charge is -2.09. The van der Waals surface area contributed by atoms with Crippen LogP contribution in [0.15, 0.2) is 18.2 Å². The van der Waals surface area contributed by atoms with E-state index in [1.807, 2.05) is 0 Å². The Hall–Kier alpha value is -0.970. The molecule has 0 aliphatic carbocycles. The molecule has 0 aliphatic heterocycles. The van der Waals surface area contributed by atoms with E-state index in [0.717, 1.165) is 0 Å². The van der Waals surface area contributed by atoms with Crippen molar-refractivity contribution in [1.29, 1.82) is 0 Å². The third kappa shape index (κ3) is 2.77. The molecule has 1 aromatic carbocycles. The second-order valence-electron chi connectivity index (χ2n) is 2.59. The van der Waals surface area contributed by atoms with Gasteiger partial charge in [0.05, 0.1) is 0 Å². The minimum atomic E-state index is -0.295. The standard InChI is InChI=1S/C8H12N2O2.ClH/c9-4-6(10)5-1-2-7(11)8(12)3-5;/h1-3,6,11-12H,4,9-10H2;1H/t6-;/m0./s1. The van der Waals surface area contributed by atoms with Crippen LogP contribution in [0.3, 0.4) is 0 Å². The number of nitrogens with two attached hydrogens (primary N) is 2. The molecule has 5 heteroatoms. The zero-order chi connectivity index (χ0) is 9.14. The zero-order valence-electron chi connectivity index (χ0n) is 6.97. The Morgan fingerprint density at radius 3 is 2.31 bits per heavy atom. The number of aromatic hydroxyl groups is 2. The molecule has 0 radical (unpaired) electrons. The second kappa shape index (κ2) is 4.91. The van der Waals surface area contributed by atoms with Gasteiger partial charge in [0.1, 0.15) is 0 Å². The van der Waals surface area contributed by atoms with Crippen molar-refractivity contribution < 1.29 is 10.2 Å². The van der Waals surface area contributed by atoms with Gasteiger partial charge in [-0.3, -0.25) is 0 Å². The molecule has 0 amide bonds. The van der Waals surface area contributed by atoms with E-state index in [2.05, 4.69) is 0 Å². The summed E-state index contributed by atoms with van der Waals surface area (Å²) in [6.07, 6.45) is 0. The van der Waals surface area contributed by atoms with Crippen molar-refractivity contribution >= 4 is 12.4 Å². The van der Waals surface area contributed by atoms with E-state index in [9.17, 15) is 0 Å². The molecular weight excluding hydrogens is 192 g/mol. The fraction of sp³-hybridized carbons (Fsp3) is 0.250. The highest BCUT2D eigenvalue weighted by Gasteiger charge is 2.06. The molecule has 74 valence electrons. The molecule has 0 saturated carbocycles. The third-order valence-electron chi connectivity index (χ3n) is 1.68. The highest BCUT2D eigenvalue weighted by Crippen LogP contribution is 2.26. The maximum atomic E-state index is 9.10. The fourth-order valence-electron chi connectivity index (χ4n) is 0.907. The SMILES string of the molecule is Cl.NC[C@H](N)c1ccc(O)c(O)c1. The normalized spacial score (nSPS) is 11.8. The molecule has 0 aromatic heterocycles. The van der Waals surface area contributed by atoms with Crippen molar-refractivity contribution in [3.63, 3.8) is 0 Å². The summed E-state index contributed by atoms with van der Waals surface area (Å²) in [5.74, 6) is -0.320. The Morgan fingerprint density at radius 2 is 1.85 bits per heavy atom. The first kappa shape index (κ1) is 12.0. The largest absolute Gasteiger partial charge is 0.504 e. The van der Waals surface area contributed by atoms with Crippen LogP contribution in [0.2, 0.25) is 0 Å². The smallest absolute Gasteiger partial charge is 0.157 e. The highest BCUT2D eigenvalue weighted by molar-refractivity contribution is 5.85. The van der Waals surface area contributed by atoms with Crippen LogP contribution < -0.4 is 11.5 Å². The average molecular weight is 205 g/mol. The summed E-state index contributed by atoms with van der Waals surface area (Å²) < 4.78 is 0. The molecule has 13 heavy (non-hydrogen) atoms. The van der Waals surface area contributed by atoms with Crippen LogP contribution in [0.4, 0.5) is 0 Å². The van der Waals surface area contributed by atoms with Crippen molar-refractivity contribution in [2.75, 3.05) is 6.54 Å². The summed E-state index contributed by atoms with van der Waals surface area (Å²) in [7, 11) is 0. The predicted molar refractivity (Wildman–Crippen MR) is 53.0 cm³/mol. The molecule has 0 bridgehead atoms. The Labute approximate surface area is 82.6 Å². The zero-order valence-corrected chi connectivity index (χ0v) is 7.79. The van der Waals surface area contributed by atoms with E-state index in [1.165, 1.54) is 12.1 Å². The van der Waals surface area contributed by atoms with Crippen LogP contribution in [0.25, 0.3) is 0 Å². The first-order valence-electron chi connectivity index (χ1n) is 3.62. The van der Waals surface area contributed by atoms with Gasteiger partial charge in [-0.25, -0.2) is 0 Å². The van der Waals surface area contributed by atoms with Gasteiger partial charge in [-0.15, -0.1) is 12.4 Å². The van der Waals surface area contributed by atoms with E-state index >= 15 is 0 Å². The number of hydrogen-bond acceptors (Lipinski definition) is 4.